The number of nitrogens with zero attached hydrogens (tertiary/aromatic N) is 2. The number of nitrogens with one attached hydrogen (secondary N) is 1. The lowest BCUT2D eigenvalue weighted by Gasteiger charge is -2.17. The number of hydrogen-bond acceptors (Lipinski definition) is 3. The first-order valence-electron chi connectivity index (χ1n) is 3.84. The Morgan fingerprint density at radius 1 is 1.50 bits per heavy atom. The van der Waals surface area contributed by atoms with Crippen LogP contribution in [0.3, 0.4) is 0 Å². The van der Waals surface area contributed by atoms with Crippen LogP contribution < -0.4 is 0 Å². The molecule has 3 heterocycles. The van der Waals surface area contributed by atoms with Gasteiger partial charge >= 0.3 is 0 Å². The van der Waals surface area contributed by atoms with Gasteiger partial charge in [-0.25, -0.2) is 0 Å². The van der Waals surface area contributed by atoms with Crippen LogP contribution in [0.2, 0.25) is 0 Å². The fourth-order valence-electron chi connectivity index (χ4n) is 1.60. The molecule has 2 aliphatic rings. The molecule has 3 nitrogen and oxygen atoms in total. The Morgan fingerprint density at radius 3 is 3.50 bits per heavy atom. The van der Waals surface area contributed by atoms with Crippen molar-refractivity contribution in [3.05, 3.63) is 28.9 Å². The number of fused-ring (bicyclic) bond motifs is 3. The predicted molar refractivity (Wildman–Crippen MR) is 49.4 cm³/mol. The molecule has 12 heavy (non-hydrogen) atoms. The molecule has 1 aromatic rings. The van der Waals surface area contributed by atoms with Crippen molar-refractivity contribution in [1.29, 1.82) is 0 Å². The first-order valence-corrected chi connectivity index (χ1v) is 4.78. The first kappa shape index (κ1) is 6.48. The van der Waals surface area contributed by atoms with E-state index in [1.807, 2.05) is 12.4 Å². The van der Waals surface area contributed by atoms with Crippen LogP contribution in [0.5, 0.6) is 0 Å². The number of H-pyrrole nitrogens is 1. The van der Waals surface area contributed by atoms with Gasteiger partial charge in [-0.1, -0.05) is 6.08 Å². The van der Waals surface area contributed by atoms with E-state index in [-0.39, 0.29) is 0 Å². The van der Waals surface area contributed by atoms with Crippen molar-refractivity contribution in [3.8, 4) is 0 Å². The van der Waals surface area contributed by atoms with Crippen LogP contribution in [0.15, 0.2) is 22.7 Å². The molecule has 3 rings (SSSR count). The molecule has 4 heteroatoms. The van der Waals surface area contributed by atoms with Crippen LogP contribution in [-0.2, 0) is 0 Å². The summed E-state index contributed by atoms with van der Waals surface area (Å²) in [6, 6.07) is 0. The maximum absolute atomic E-state index is 4.40. The average molecular weight is 177 g/mol. The Balaban J connectivity index is 2.17. The highest BCUT2D eigenvalue weighted by atomic mass is 32.2. The molecule has 2 atom stereocenters. The van der Waals surface area contributed by atoms with Crippen molar-refractivity contribution in [2.24, 2.45) is 4.99 Å². The fourth-order valence-corrected chi connectivity index (χ4v) is 2.56. The van der Waals surface area contributed by atoms with E-state index in [1.165, 1.54) is 5.56 Å². The first-order chi connectivity index (χ1) is 5.95. The minimum atomic E-state index is 0.357. The largest absolute Gasteiger partial charge is 0.285 e. The monoisotopic (exact) mass is 177 g/mol. The van der Waals surface area contributed by atoms with Crippen LogP contribution in [0.1, 0.15) is 17.2 Å². The summed E-state index contributed by atoms with van der Waals surface area (Å²) in [5, 5.41) is 9.44. The van der Waals surface area contributed by atoms with E-state index < -0.39 is 0 Å². The minimum absolute atomic E-state index is 0.357. The van der Waals surface area contributed by atoms with Crippen LogP contribution in [0, 0.1) is 0 Å². The SMILES string of the molecule is C1=CC2c3c[nH]nc3C=NC2S1. The van der Waals surface area contributed by atoms with Crippen molar-refractivity contribution >= 4 is 18.0 Å². The Bertz CT molecular complexity index is 366. The Hall–Kier alpha value is -1.03. The van der Waals surface area contributed by atoms with Gasteiger partial charge in [-0.2, -0.15) is 5.10 Å². The van der Waals surface area contributed by atoms with Crippen LogP contribution >= 0.6 is 11.8 Å². The van der Waals surface area contributed by atoms with Gasteiger partial charge in [0.15, 0.2) is 0 Å². The van der Waals surface area contributed by atoms with Crippen LogP contribution in [-0.4, -0.2) is 21.8 Å². The summed E-state index contributed by atoms with van der Waals surface area (Å²) in [6.07, 6.45) is 6.02. The van der Waals surface area contributed by atoms with Crippen molar-refractivity contribution in [2.45, 2.75) is 11.3 Å². The zero-order valence-electron chi connectivity index (χ0n) is 6.27. The maximum atomic E-state index is 4.40. The highest BCUT2D eigenvalue weighted by molar-refractivity contribution is 8.03. The van der Waals surface area contributed by atoms with E-state index >= 15 is 0 Å². The Labute approximate surface area is 74.0 Å². The van der Waals surface area contributed by atoms with Crippen molar-refractivity contribution in [2.75, 3.05) is 0 Å². The summed E-state index contributed by atoms with van der Waals surface area (Å²) in [5.41, 5.74) is 2.26. The summed E-state index contributed by atoms with van der Waals surface area (Å²) in [6.45, 7) is 0. The van der Waals surface area contributed by atoms with Gasteiger partial charge in [-0.15, -0.1) is 11.8 Å². The smallest absolute Gasteiger partial charge is 0.110 e. The Kier molecular flexibility index (Phi) is 1.20. The molecule has 1 N–H and O–H groups in total. The van der Waals surface area contributed by atoms with Crippen LogP contribution in [0.25, 0.3) is 0 Å². The molecule has 0 amide bonds. The second-order valence-corrected chi connectivity index (χ2v) is 3.91. The number of hydrogen-bond donors (Lipinski definition) is 1. The highest BCUT2D eigenvalue weighted by Gasteiger charge is 2.29. The van der Waals surface area contributed by atoms with E-state index in [1.54, 1.807) is 11.8 Å². The third-order valence-corrected chi connectivity index (χ3v) is 3.22. The number of thioether (sulfide) groups is 1. The molecule has 60 valence electrons. The zero-order valence-corrected chi connectivity index (χ0v) is 7.08. The van der Waals surface area contributed by atoms with E-state index in [0.29, 0.717) is 11.3 Å². The molecule has 0 bridgehead atoms. The quantitative estimate of drug-likeness (QED) is 0.652. The number of rotatable bonds is 0. The van der Waals surface area contributed by atoms with Gasteiger partial charge in [0, 0.05) is 17.7 Å². The van der Waals surface area contributed by atoms with Gasteiger partial charge in [-0.05, 0) is 5.41 Å². The van der Waals surface area contributed by atoms with E-state index in [9.17, 15) is 0 Å². The van der Waals surface area contributed by atoms with Gasteiger partial charge in [0.25, 0.3) is 0 Å². The van der Waals surface area contributed by atoms with E-state index in [2.05, 4.69) is 26.7 Å². The third kappa shape index (κ3) is 0.728. The zero-order chi connectivity index (χ0) is 7.97. The van der Waals surface area contributed by atoms with Gasteiger partial charge in [0.1, 0.15) is 11.1 Å². The van der Waals surface area contributed by atoms with E-state index in [4.69, 9.17) is 0 Å². The molecule has 0 saturated heterocycles. The molecule has 1 aromatic heterocycles. The molecular weight excluding hydrogens is 170 g/mol. The molecule has 2 aliphatic heterocycles. The number of aromatic nitrogens is 2. The van der Waals surface area contributed by atoms with E-state index in [0.717, 1.165) is 5.69 Å². The van der Waals surface area contributed by atoms with Crippen molar-refractivity contribution < 1.29 is 0 Å². The number of aliphatic imine (C=N–C) groups is 1. The lowest BCUT2D eigenvalue weighted by Crippen LogP contribution is -2.13. The predicted octanol–water partition coefficient (Wildman–Crippen LogP) is 1.51. The normalized spacial score (nSPS) is 30.3. The van der Waals surface area contributed by atoms with Crippen molar-refractivity contribution in [3.63, 3.8) is 0 Å². The summed E-state index contributed by atoms with van der Waals surface area (Å²) < 4.78 is 0. The highest BCUT2D eigenvalue weighted by Crippen LogP contribution is 2.40. The molecular formula is C8H7N3S. The molecule has 0 aromatic carbocycles. The lowest BCUT2D eigenvalue weighted by molar-refractivity contribution is 0.799. The molecule has 2 unspecified atom stereocenters. The third-order valence-electron chi connectivity index (χ3n) is 2.21. The standard InChI is InChI=1S/C8H7N3S/c1-2-12-8-5(1)6-3-10-11-7(6)4-9-8/h1-5,8H,(H,10,11). The maximum Gasteiger partial charge on any atom is 0.110 e. The lowest BCUT2D eigenvalue weighted by atomic mass is 9.98. The second kappa shape index (κ2) is 2.23. The molecule has 0 fully saturated rings. The minimum Gasteiger partial charge on any atom is -0.285 e. The summed E-state index contributed by atoms with van der Waals surface area (Å²) >= 11 is 1.77. The van der Waals surface area contributed by atoms with Gasteiger partial charge < -0.3 is 0 Å². The molecule has 0 spiro atoms. The van der Waals surface area contributed by atoms with Crippen LogP contribution in [0.4, 0.5) is 0 Å². The average Bonchev–Trinajstić information content (AvgIpc) is 2.71. The Morgan fingerprint density at radius 2 is 2.50 bits per heavy atom. The summed E-state index contributed by atoms with van der Waals surface area (Å²) in [4.78, 5) is 4.40. The summed E-state index contributed by atoms with van der Waals surface area (Å²) in [7, 11) is 0. The van der Waals surface area contributed by atoms with Crippen molar-refractivity contribution in [1.82, 2.24) is 10.2 Å². The fraction of sp³-hybridized carbons (Fsp3) is 0.250. The summed E-state index contributed by atoms with van der Waals surface area (Å²) in [5.74, 6) is 0.439. The molecule has 0 aliphatic carbocycles. The number of aromatic amines is 1. The topological polar surface area (TPSA) is 41.0 Å². The van der Waals surface area contributed by atoms with Gasteiger partial charge in [0.05, 0.1) is 6.21 Å². The van der Waals surface area contributed by atoms with Gasteiger partial charge in [0.2, 0.25) is 0 Å². The van der Waals surface area contributed by atoms with Gasteiger partial charge in [-0.3, -0.25) is 10.1 Å². The molecule has 0 radical (unpaired) electrons. The molecule has 0 saturated carbocycles. The second-order valence-electron chi connectivity index (χ2n) is 2.88.